The lowest BCUT2D eigenvalue weighted by Gasteiger charge is -2.16. The van der Waals surface area contributed by atoms with Gasteiger partial charge in [-0.2, -0.15) is 0 Å². The molecule has 2 aromatic rings. The van der Waals surface area contributed by atoms with Crippen LogP contribution in [0, 0.1) is 0 Å². The lowest BCUT2D eigenvalue weighted by Crippen LogP contribution is -2.38. The summed E-state index contributed by atoms with van der Waals surface area (Å²) in [6.07, 6.45) is 0. The third-order valence-corrected chi connectivity index (χ3v) is 4.24. The third-order valence-electron chi connectivity index (χ3n) is 3.91. The molecule has 0 saturated carbocycles. The van der Waals surface area contributed by atoms with Gasteiger partial charge in [0.15, 0.2) is 11.5 Å². The highest BCUT2D eigenvalue weighted by Gasteiger charge is 2.12. The lowest BCUT2D eigenvalue weighted by molar-refractivity contribution is -0.123. The summed E-state index contributed by atoms with van der Waals surface area (Å²) < 4.78 is 10.4. The van der Waals surface area contributed by atoms with Crippen molar-refractivity contribution in [1.82, 2.24) is 10.2 Å². The van der Waals surface area contributed by atoms with Crippen molar-refractivity contribution < 1.29 is 19.1 Å². The van der Waals surface area contributed by atoms with E-state index in [9.17, 15) is 9.59 Å². The number of rotatable bonds is 9. The van der Waals surface area contributed by atoms with Gasteiger partial charge in [-0.25, -0.2) is 0 Å². The van der Waals surface area contributed by atoms with Crippen molar-refractivity contribution in [2.24, 2.45) is 0 Å². The molecule has 2 amide bonds. The maximum atomic E-state index is 12.1. The van der Waals surface area contributed by atoms with Crippen molar-refractivity contribution in [3.8, 4) is 11.5 Å². The number of hydrogen-bond acceptors (Lipinski definition) is 5. The molecule has 0 aromatic heterocycles. The molecule has 0 aliphatic rings. The molecule has 28 heavy (non-hydrogen) atoms. The summed E-state index contributed by atoms with van der Waals surface area (Å²) >= 11 is 6.02. The number of carbonyl (C=O) groups is 2. The first-order chi connectivity index (χ1) is 13.4. The van der Waals surface area contributed by atoms with E-state index in [4.69, 9.17) is 21.1 Å². The number of ether oxygens (including phenoxy) is 2. The highest BCUT2D eigenvalue weighted by Crippen LogP contribution is 2.27. The molecule has 0 unspecified atom stereocenters. The number of methoxy groups -OCH3 is 2. The maximum Gasteiger partial charge on any atom is 0.238 e. The first kappa shape index (κ1) is 21.5. The van der Waals surface area contributed by atoms with Gasteiger partial charge >= 0.3 is 0 Å². The molecule has 2 rings (SSSR count). The largest absolute Gasteiger partial charge is 0.493 e. The Hall–Kier alpha value is -2.77. The van der Waals surface area contributed by atoms with Crippen molar-refractivity contribution in [3.63, 3.8) is 0 Å². The standard InChI is InChI=1S/C20H24ClN3O4/c1-24(13-20(26)23-16-7-5-4-6-15(16)21)12-19(25)22-11-14-8-9-17(27-2)18(10-14)28-3/h4-10H,11-13H2,1-3H3,(H,22,25)(H,23,26). The molecular formula is C20H24ClN3O4. The Morgan fingerprint density at radius 2 is 1.68 bits per heavy atom. The minimum Gasteiger partial charge on any atom is -0.493 e. The zero-order valence-electron chi connectivity index (χ0n) is 16.1. The SMILES string of the molecule is COc1ccc(CNC(=O)CN(C)CC(=O)Nc2ccccc2Cl)cc1OC. The number of nitrogens with one attached hydrogen (secondary N) is 2. The zero-order valence-corrected chi connectivity index (χ0v) is 16.9. The van der Waals surface area contributed by atoms with E-state index in [2.05, 4.69) is 10.6 Å². The summed E-state index contributed by atoms with van der Waals surface area (Å²) in [7, 11) is 4.82. The number of para-hydroxylation sites is 1. The Morgan fingerprint density at radius 1 is 1.00 bits per heavy atom. The molecule has 150 valence electrons. The highest BCUT2D eigenvalue weighted by atomic mass is 35.5. The molecule has 0 bridgehead atoms. The van der Waals surface area contributed by atoms with Crippen molar-refractivity contribution in [2.45, 2.75) is 6.54 Å². The maximum absolute atomic E-state index is 12.1. The summed E-state index contributed by atoms with van der Waals surface area (Å²) in [5.74, 6) is 0.788. The van der Waals surface area contributed by atoms with E-state index < -0.39 is 0 Å². The van der Waals surface area contributed by atoms with Crippen LogP contribution in [0.2, 0.25) is 5.02 Å². The van der Waals surface area contributed by atoms with Crippen LogP contribution in [0.5, 0.6) is 11.5 Å². The minimum absolute atomic E-state index is 0.0645. The first-order valence-electron chi connectivity index (χ1n) is 8.63. The van der Waals surface area contributed by atoms with Gasteiger partial charge in [-0.15, -0.1) is 0 Å². The van der Waals surface area contributed by atoms with E-state index in [1.165, 1.54) is 0 Å². The molecular weight excluding hydrogens is 382 g/mol. The van der Waals surface area contributed by atoms with Gasteiger partial charge in [0, 0.05) is 6.54 Å². The van der Waals surface area contributed by atoms with Gasteiger partial charge in [0.1, 0.15) is 0 Å². The molecule has 7 nitrogen and oxygen atoms in total. The van der Waals surface area contributed by atoms with Crippen LogP contribution in [-0.2, 0) is 16.1 Å². The Bertz CT molecular complexity index is 829. The molecule has 0 aliphatic carbocycles. The number of carbonyl (C=O) groups excluding carboxylic acids is 2. The van der Waals surface area contributed by atoms with E-state index in [1.807, 2.05) is 6.07 Å². The van der Waals surface area contributed by atoms with Gasteiger partial charge < -0.3 is 20.1 Å². The van der Waals surface area contributed by atoms with Gasteiger partial charge in [0.2, 0.25) is 11.8 Å². The number of anilines is 1. The van der Waals surface area contributed by atoms with Crippen molar-refractivity contribution in [3.05, 3.63) is 53.1 Å². The summed E-state index contributed by atoms with van der Waals surface area (Å²) in [6.45, 7) is 0.497. The zero-order chi connectivity index (χ0) is 20.5. The van der Waals surface area contributed by atoms with E-state index in [-0.39, 0.29) is 24.9 Å². The average Bonchev–Trinajstić information content (AvgIpc) is 2.67. The van der Waals surface area contributed by atoms with Gasteiger partial charge in [-0.1, -0.05) is 29.8 Å². The average molecular weight is 406 g/mol. The highest BCUT2D eigenvalue weighted by molar-refractivity contribution is 6.33. The molecule has 8 heteroatoms. The second-order valence-electron chi connectivity index (χ2n) is 6.17. The summed E-state index contributed by atoms with van der Waals surface area (Å²) in [4.78, 5) is 25.9. The van der Waals surface area contributed by atoms with E-state index in [1.54, 1.807) is 62.6 Å². The van der Waals surface area contributed by atoms with Crippen LogP contribution in [0.3, 0.4) is 0 Å². The quantitative estimate of drug-likeness (QED) is 0.670. The van der Waals surface area contributed by atoms with Crippen LogP contribution >= 0.6 is 11.6 Å². The van der Waals surface area contributed by atoms with Crippen molar-refractivity contribution >= 4 is 29.1 Å². The van der Waals surface area contributed by atoms with Crippen LogP contribution < -0.4 is 20.1 Å². The van der Waals surface area contributed by atoms with Gasteiger partial charge in [0.05, 0.1) is 38.0 Å². The van der Waals surface area contributed by atoms with E-state index in [0.717, 1.165) is 5.56 Å². The fourth-order valence-electron chi connectivity index (χ4n) is 2.55. The number of nitrogens with zero attached hydrogens (tertiary/aromatic N) is 1. The fraction of sp³-hybridized carbons (Fsp3) is 0.300. The Labute approximate surface area is 169 Å². The molecule has 0 heterocycles. The van der Waals surface area contributed by atoms with Crippen LogP contribution in [0.1, 0.15) is 5.56 Å². The molecule has 0 radical (unpaired) electrons. The predicted octanol–water partition coefficient (Wildman–Crippen LogP) is 2.54. The topological polar surface area (TPSA) is 79.9 Å². The van der Waals surface area contributed by atoms with Gasteiger partial charge in [-0.05, 0) is 36.9 Å². The van der Waals surface area contributed by atoms with Gasteiger partial charge in [0.25, 0.3) is 0 Å². The van der Waals surface area contributed by atoms with Crippen molar-refractivity contribution in [1.29, 1.82) is 0 Å². The molecule has 0 aliphatic heterocycles. The number of likely N-dealkylation sites (N-methyl/N-ethyl adjacent to an activating group) is 1. The Morgan fingerprint density at radius 3 is 2.36 bits per heavy atom. The predicted molar refractivity (Wildman–Crippen MR) is 109 cm³/mol. The number of amides is 2. The Balaban J connectivity index is 1.79. The minimum atomic E-state index is -0.247. The van der Waals surface area contributed by atoms with Crippen LogP contribution in [0.15, 0.2) is 42.5 Å². The lowest BCUT2D eigenvalue weighted by atomic mass is 10.2. The number of hydrogen-bond donors (Lipinski definition) is 2. The fourth-order valence-corrected chi connectivity index (χ4v) is 2.73. The van der Waals surface area contributed by atoms with E-state index in [0.29, 0.717) is 28.8 Å². The van der Waals surface area contributed by atoms with Crippen molar-refractivity contribution in [2.75, 3.05) is 39.7 Å². The van der Waals surface area contributed by atoms with E-state index >= 15 is 0 Å². The summed E-state index contributed by atoms with van der Waals surface area (Å²) in [6, 6.07) is 12.4. The van der Waals surface area contributed by atoms with Crippen LogP contribution in [-0.4, -0.2) is 51.1 Å². The monoisotopic (exact) mass is 405 g/mol. The number of benzene rings is 2. The third kappa shape index (κ3) is 6.44. The summed E-state index contributed by atoms with van der Waals surface area (Å²) in [5.41, 5.74) is 1.42. The molecule has 0 spiro atoms. The normalized spacial score (nSPS) is 10.5. The summed E-state index contributed by atoms with van der Waals surface area (Å²) in [5, 5.41) is 6.01. The molecule has 0 saturated heterocycles. The molecule has 2 N–H and O–H groups in total. The number of halogens is 1. The Kier molecular flexibility index (Phi) is 8.10. The molecule has 2 aromatic carbocycles. The van der Waals surface area contributed by atoms with Crippen LogP contribution in [0.4, 0.5) is 5.69 Å². The second-order valence-corrected chi connectivity index (χ2v) is 6.57. The smallest absolute Gasteiger partial charge is 0.238 e. The van der Waals surface area contributed by atoms with Gasteiger partial charge in [-0.3, -0.25) is 14.5 Å². The first-order valence-corrected chi connectivity index (χ1v) is 9.01. The van der Waals surface area contributed by atoms with Crippen LogP contribution in [0.25, 0.3) is 0 Å². The molecule has 0 atom stereocenters. The second kappa shape index (κ2) is 10.5. The molecule has 0 fully saturated rings.